The Kier molecular flexibility index (Phi) is 7.31. The van der Waals surface area contributed by atoms with Crippen LogP contribution in [0.3, 0.4) is 0 Å². The Morgan fingerprint density at radius 2 is 1.90 bits per heavy atom. The molecule has 8 nitrogen and oxygen atoms in total. The van der Waals surface area contributed by atoms with Crippen LogP contribution in [0.25, 0.3) is 0 Å². The van der Waals surface area contributed by atoms with Crippen molar-refractivity contribution in [2.75, 3.05) is 46.5 Å². The van der Waals surface area contributed by atoms with E-state index in [1.54, 1.807) is 16.9 Å². The monoisotopic (exact) mass is 417 g/mol. The molecule has 1 aromatic rings. The fraction of sp³-hybridized carbons (Fsp3) is 0.591. The zero-order valence-corrected chi connectivity index (χ0v) is 17.8. The van der Waals surface area contributed by atoms with Crippen molar-refractivity contribution >= 4 is 17.7 Å². The number of benzene rings is 1. The molecule has 0 aromatic heterocycles. The molecule has 30 heavy (non-hydrogen) atoms. The number of likely N-dealkylation sites (N-methyl/N-ethyl adjacent to an activating group) is 1. The minimum absolute atomic E-state index is 0.0173. The van der Waals surface area contributed by atoms with Crippen molar-refractivity contribution in [1.29, 1.82) is 0 Å². The standard InChI is InChI=1S/C22H31N3O5/c1-3-25-18(20(27)23-11-14-29-2)15-22(21(25)28)9-12-24(13-10-22)19(26)16-30-17-7-5-4-6-8-17/h4-8,18H,3,9-16H2,1-2H3,(H,23,27). The third-order valence-corrected chi connectivity index (χ3v) is 6.10. The Balaban J connectivity index is 1.55. The number of amides is 3. The van der Waals surface area contributed by atoms with E-state index in [9.17, 15) is 14.4 Å². The molecular formula is C22H31N3O5. The lowest BCUT2D eigenvalue weighted by atomic mass is 9.76. The summed E-state index contributed by atoms with van der Waals surface area (Å²) in [6, 6.07) is 8.78. The zero-order valence-electron chi connectivity index (χ0n) is 17.8. The summed E-state index contributed by atoms with van der Waals surface area (Å²) in [5, 5.41) is 2.85. The summed E-state index contributed by atoms with van der Waals surface area (Å²) in [5.41, 5.74) is -0.559. The van der Waals surface area contributed by atoms with Crippen LogP contribution in [-0.4, -0.2) is 80.1 Å². The number of methoxy groups -OCH3 is 1. The number of hydrogen-bond donors (Lipinski definition) is 1. The Hall–Kier alpha value is -2.61. The average Bonchev–Trinajstić information content (AvgIpc) is 3.04. The molecule has 1 aromatic carbocycles. The molecule has 1 unspecified atom stereocenters. The number of para-hydroxylation sites is 1. The van der Waals surface area contributed by atoms with E-state index in [1.165, 1.54) is 0 Å². The molecule has 0 bridgehead atoms. The highest BCUT2D eigenvalue weighted by molar-refractivity contribution is 5.94. The van der Waals surface area contributed by atoms with Crippen LogP contribution < -0.4 is 10.1 Å². The third kappa shape index (κ3) is 4.75. The van der Waals surface area contributed by atoms with Crippen LogP contribution in [0, 0.1) is 5.41 Å². The second-order valence-corrected chi connectivity index (χ2v) is 7.86. The molecule has 1 N–H and O–H groups in total. The van der Waals surface area contributed by atoms with Gasteiger partial charge in [0.1, 0.15) is 11.8 Å². The Morgan fingerprint density at radius 1 is 1.20 bits per heavy atom. The van der Waals surface area contributed by atoms with E-state index in [1.807, 2.05) is 37.3 Å². The highest BCUT2D eigenvalue weighted by atomic mass is 16.5. The van der Waals surface area contributed by atoms with Crippen molar-refractivity contribution in [3.63, 3.8) is 0 Å². The van der Waals surface area contributed by atoms with E-state index in [4.69, 9.17) is 9.47 Å². The van der Waals surface area contributed by atoms with Gasteiger partial charge in [0.15, 0.2) is 6.61 Å². The molecule has 1 atom stereocenters. The second kappa shape index (κ2) is 9.93. The number of carbonyl (C=O) groups is 3. The first-order valence-electron chi connectivity index (χ1n) is 10.5. The molecule has 2 aliphatic heterocycles. The summed E-state index contributed by atoms with van der Waals surface area (Å²) >= 11 is 0. The molecule has 164 valence electrons. The van der Waals surface area contributed by atoms with Gasteiger partial charge in [-0.15, -0.1) is 0 Å². The lowest BCUT2D eigenvalue weighted by Gasteiger charge is -2.37. The van der Waals surface area contributed by atoms with Gasteiger partial charge < -0.3 is 24.6 Å². The van der Waals surface area contributed by atoms with Gasteiger partial charge in [0, 0.05) is 33.3 Å². The Labute approximate surface area is 177 Å². The van der Waals surface area contributed by atoms with Gasteiger partial charge in [-0.1, -0.05) is 18.2 Å². The second-order valence-electron chi connectivity index (χ2n) is 7.86. The Morgan fingerprint density at radius 3 is 2.53 bits per heavy atom. The summed E-state index contributed by atoms with van der Waals surface area (Å²) in [6.07, 6.45) is 1.64. The van der Waals surface area contributed by atoms with Gasteiger partial charge in [-0.05, 0) is 38.3 Å². The molecule has 0 saturated carbocycles. The van der Waals surface area contributed by atoms with Crippen LogP contribution in [0.1, 0.15) is 26.2 Å². The minimum Gasteiger partial charge on any atom is -0.484 e. The van der Waals surface area contributed by atoms with Gasteiger partial charge in [-0.2, -0.15) is 0 Å². The van der Waals surface area contributed by atoms with Gasteiger partial charge in [-0.3, -0.25) is 14.4 Å². The maximum absolute atomic E-state index is 13.1. The number of carbonyl (C=O) groups excluding carboxylic acids is 3. The van der Waals surface area contributed by atoms with E-state index in [0.29, 0.717) is 57.8 Å². The van der Waals surface area contributed by atoms with E-state index in [-0.39, 0.29) is 24.3 Å². The molecule has 1 spiro atoms. The van der Waals surface area contributed by atoms with E-state index >= 15 is 0 Å². The predicted octanol–water partition coefficient (Wildman–Crippen LogP) is 1.06. The van der Waals surface area contributed by atoms with Crippen LogP contribution >= 0.6 is 0 Å². The predicted molar refractivity (Wildman–Crippen MR) is 111 cm³/mol. The van der Waals surface area contributed by atoms with Gasteiger partial charge in [0.25, 0.3) is 5.91 Å². The maximum atomic E-state index is 13.1. The SMILES string of the molecule is CCN1C(=O)C2(CCN(C(=O)COc3ccccc3)CC2)CC1C(=O)NCCOC. The molecule has 0 radical (unpaired) electrons. The van der Waals surface area contributed by atoms with E-state index in [2.05, 4.69) is 5.32 Å². The number of rotatable bonds is 8. The van der Waals surface area contributed by atoms with Gasteiger partial charge in [-0.25, -0.2) is 0 Å². The highest BCUT2D eigenvalue weighted by Crippen LogP contribution is 2.44. The first-order chi connectivity index (χ1) is 14.5. The van der Waals surface area contributed by atoms with Crippen molar-refractivity contribution in [1.82, 2.24) is 15.1 Å². The third-order valence-electron chi connectivity index (χ3n) is 6.10. The lowest BCUT2D eigenvalue weighted by molar-refractivity contribution is -0.144. The van der Waals surface area contributed by atoms with Gasteiger partial charge in [0.2, 0.25) is 11.8 Å². The number of nitrogens with one attached hydrogen (secondary N) is 1. The van der Waals surface area contributed by atoms with Crippen molar-refractivity contribution in [2.45, 2.75) is 32.2 Å². The summed E-state index contributed by atoms with van der Waals surface area (Å²) in [6.45, 7) is 4.23. The fourth-order valence-electron chi connectivity index (χ4n) is 4.36. The topological polar surface area (TPSA) is 88.2 Å². The fourth-order valence-corrected chi connectivity index (χ4v) is 4.36. The number of piperidine rings is 1. The maximum Gasteiger partial charge on any atom is 0.260 e. The van der Waals surface area contributed by atoms with Crippen molar-refractivity contribution in [3.05, 3.63) is 30.3 Å². The van der Waals surface area contributed by atoms with E-state index in [0.717, 1.165) is 0 Å². The van der Waals surface area contributed by atoms with Crippen molar-refractivity contribution in [3.8, 4) is 5.75 Å². The van der Waals surface area contributed by atoms with Crippen LogP contribution in [-0.2, 0) is 19.1 Å². The molecule has 8 heteroatoms. The quantitative estimate of drug-likeness (QED) is 0.639. The zero-order chi connectivity index (χ0) is 21.6. The molecule has 0 aliphatic carbocycles. The van der Waals surface area contributed by atoms with Crippen LogP contribution in [0.4, 0.5) is 0 Å². The van der Waals surface area contributed by atoms with Crippen LogP contribution in [0.15, 0.2) is 30.3 Å². The number of hydrogen-bond acceptors (Lipinski definition) is 5. The summed E-state index contributed by atoms with van der Waals surface area (Å²) in [4.78, 5) is 41.7. The van der Waals surface area contributed by atoms with E-state index < -0.39 is 11.5 Å². The van der Waals surface area contributed by atoms with Crippen molar-refractivity contribution < 1.29 is 23.9 Å². The first-order valence-corrected chi connectivity index (χ1v) is 10.5. The van der Waals surface area contributed by atoms with Crippen LogP contribution in [0.5, 0.6) is 5.75 Å². The highest BCUT2D eigenvalue weighted by Gasteiger charge is 2.54. The van der Waals surface area contributed by atoms with Crippen LogP contribution in [0.2, 0.25) is 0 Å². The van der Waals surface area contributed by atoms with Crippen molar-refractivity contribution in [2.24, 2.45) is 5.41 Å². The molecular weight excluding hydrogens is 386 g/mol. The Bertz CT molecular complexity index is 746. The van der Waals surface area contributed by atoms with Gasteiger partial charge in [0.05, 0.1) is 12.0 Å². The molecule has 2 aliphatic rings. The average molecular weight is 418 g/mol. The molecule has 3 amide bonds. The number of likely N-dealkylation sites (tertiary alicyclic amines) is 2. The normalized spacial score (nSPS) is 20.5. The molecule has 2 heterocycles. The lowest BCUT2D eigenvalue weighted by Crippen LogP contribution is -2.48. The van der Waals surface area contributed by atoms with Gasteiger partial charge >= 0.3 is 0 Å². The summed E-state index contributed by atoms with van der Waals surface area (Å²) < 4.78 is 10.5. The largest absolute Gasteiger partial charge is 0.484 e. The number of nitrogens with zero attached hydrogens (tertiary/aromatic N) is 2. The molecule has 2 fully saturated rings. The minimum atomic E-state index is -0.559. The summed E-state index contributed by atoms with van der Waals surface area (Å²) in [7, 11) is 1.58. The summed E-state index contributed by atoms with van der Waals surface area (Å²) in [5.74, 6) is 0.477. The first kappa shape index (κ1) is 22.1. The molecule has 2 saturated heterocycles. The molecule has 3 rings (SSSR count). The number of ether oxygens (including phenoxy) is 2. The smallest absolute Gasteiger partial charge is 0.260 e.